The Kier molecular flexibility index (Phi) is 5.38. The first kappa shape index (κ1) is 16.4. The summed E-state index contributed by atoms with van der Waals surface area (Å²) in [6.45, 7) is 1.74. The molecule has 21 heavy (non-hydrogen) atoms. The van der Waals surface area contributed by atoms with Crippen LogP contribution in [0.25, 0.3) is 0 Å². The van der Waals surface area contributed by atoms with Crippen LogP contribution in [-0.4, -0.2) is 35.1 Å². The van der Waals surface area contributed by atoms with Crippen LogP contribution in [0.3, 0.4) is 0 Å². The van der Waals surface area contributed by atoms with Crippen molar-refractivity contribution < 1.29 is 14.3 Å². The molecule has 1 N–H and O–H groups in total. The zero-order chi connectivity index (χ0) is 15.6. The third-order valence-electron chi connectivity index (χ3n) is 4.36. The number of benzene rings is 1. The molecule has 1 fully saturated rings. The summed E-state index contributed by atoms with van der Waals surface area (Å²) in [5, 5.41) is 9.54. The molecule has 3 nitrogen and oxygen atoms in total. The van der Waals surface area contributed by atoms with Crippen molar-refractivity contribution in [3.05, 3.63) is 34.1 Å². The molecule has 1 amide bonds. The lowest BCUT2D eigenvalue weighted by atomic mass is 9.91. The molecule has 5 heteroatoms. The van der Waals surface area contributed by atoms with Crippen molar-refractivity contribution in [2.75, 3.05) is 7.05 Å². The first-order chi connectivity index (χ1) is 9.90. The number of rotatable bonds is 3. The van der Waals surface area contributed by atoms with E-state index in [4.69, 9.17) is 0 Å². The summed E-state index contributed by atoms with van der Waals surface area (Å²) < 4.78 is 14.6. The van der Waals surface area contributed by atoms with Gasteiger partial charge >= 0.3 is 0 Å². The molecule has 0 radical (unpaired) electrons. The van der Waals surface area contributed by atoms with E-state index in [1.165, 1.54) is 6.07 Å². The average Bonchev–Trinajstić information content (AvgIpc) is 2.46. The monoisotopic (exact) mass is 357 g/mol. The van der Waals surface area contributed by atoms with Gasteiger partial charge in [-0.3, -0.25) is 4.79 Å². The molecule has 2 rings (SSSR count). The van der Waals surface area contributed by atoms with Gasteiger partial charge in [0.15, 0.2) is 0 Å². The Hall–Kier alpha value is -0.940. The van der Waals surface area contributed by atoms with E-state index in [2.05, 4.69) is 15.9 Å². The third kappa shape index (κ3) is 3.83. The summed E-state index contributed by atoms with van der Waals surface area (Å²) in [5.74, 6) is -0.940. The number of hydrogen-bond acceptors (Lipinski definition) is 2. The molecule has 0 heterocycles. The molecule has 1 saturated carbocycles. The van der Waals surface area contributed by atoms with E-state index in [-0.39, 0.29) is 23.9 Å². The number of aliphatic hydroxyl groups excluding tert-OH is 1. The molecule has 0 spiro atoms. The van der Waals surface area contributed by atoms with Gasteiger partial charge in [-0.1, -0.05) is 22.0 Å². The quantitative estimate of drug-likeness (QED) is 0.899. The van der Waals surface area contributed by atoms with Gasteiger partial charge in [0.2, 0.25) is 5.91 Å². The van der Waals surface area contributed by atoms with Crippen LogP contribution in [0.15, 0.2) is 22.7 Å². The number of halogens is 2. The lowest BCUT2D eigenvalue weighted by Gasteiger charge is -2.34. The van der Waals surface area contributed by atoms with Gasteiger partial charge in [-0.2, -0.15) is 0 Å². The predicted molar refractivity (Wildman–Crippen MR) is 83.5 cm³/mol. The first-order valence-electron chi connectivity index (χ1n) is 7.30. The highest BCUT2D eigenvalue weighted by Crippen LogP contribution is 2.27. The van der Waals surface area contributed by atoms with Gasteiger partial charge in [0, 0.05) is 23.1 Å². The van der Waals surface area contributed by atoms with Gasteiger partial charge in [-0.05, 0) is 44.7 Å². The summed E-state index contributed by atoms with van der Waals surface area (Å²) in [5.41, 5.74) is 0.422. The molecule has 1 aliphatic carbocycles. The molecule has 1 atom stereocenters. The molecule has 0 bridgehead atoms. The summed E-state index contributed by atoms with van der Waals surface area (Å²) in [6, 6.07) is 4.93. The fourth-order valence-electron chi connectivity index (χ4n) is 2.92. The van der Waals surface area contributed by atoms with Gasteiger partial charge in [-0.25, -0.2) is 4.39 Å². The van der Waals surface area contributed by atoms with E-state index in [0.29, 0.717) is 10.0 Å². The van der Waals surface area contributed by atoms with Crippen molar-refractivity contribution in [1.29, 1.82) is 0 Å². The van der Waals surface area contributed by atoms with Crippen molar-refractivity contribution in [2.24, 2.45) is 0 Å². The van der Waals surface area contributed by atoms with E-state index in [9.17, 15) is 14.3 Å². The summed E-state index contributed by atoms with van der Waals surface area (Å²) in [6.07, 6.45) is 2.82. The Labute approximate surface area is 133 Å². The number of likely N-dealkylation sites (N-methyl/N-ethyl adjacent to an activating group) is 1. The van der Waals surface area contributed by atoms with Crippen LogP contribution < -0.4 is 0 Å². The summed E-state index contributed by atoms with van der Waals surface area (Å²) >= 11 is 3.22. The fourth-order valence-corrected chi connectivity index (χ4v) is 3.25. The van der Waals surface area contributed by atoms with E-state index >= 15 is 0 Å². The minimum absolute atomic E-state index is 0.0717. The van der Waals surface area contributed by atoms with Crippen LogP contribution in [-0.2, 0) is 4.79 Å². The lowest BCUT2D eigenvalue weighted by molar-refractivity contribution is -0.134. The van der Waals surface area contributed by atoms with Crippen LogP contribution in [0.2, 0.25) is 0 Å². The van der Waals surface area contributed by atoms with E-state index in [0.717, 1.165) is 25.7 Å². The van der Waals surface area contributed by atoms with Gasteiger partial charge in [0.05, 0.1) is 12.0 Å². The zero-order valence-electron chi connectivity index (χ0n) is 12.4. The Morgan fingerprint density at radius 3 is 2.57 bits per heavy atom. The smallest absolute Gasteiger partial charge is 0.229 e. The van der Waals surface area contributed by atoms with Crippen LogP contribution in [0.1, 0.15) is 44.1 Å². The fraction of sp³-hybridized carbons (Fsp3) is 0.562. The zero-order valence-corrected chi connectivity index (χ0v) is 13.9. The molecule has 1 aromatic rings. The minimum Gasteiger partial charge on any atom is -0.393 e. The molecule has 1 aromatic carbocycles. The largest absolute Gasteiger partial charge is 0.393 e. The van der Waals surface area contributed by atoms with Crippen molar-refractivity contribution in [3.8, 4) is 0 Å². The number of aliphatic hydroxyl groups is 1. The van der Waals surface area contributed by atoms with E-state index < -0.39 is 5.92 Å². The Morgan fingerprint density at radius 2 is 2.00 bits per heavy atom. The molecule has 0 saturated heterocycles. The maximum absolute atomic E-state index is 14.0. The highest BCUT2D eigenvalue weighted by molar-refractivity contribution is 9.10. The highest BCUT2D eigenvalue weighted by atomic mass is 79.9. The van der Waals surface area contributed by atoms with Gasteiger partial charge in [-0.15, -0.1) is 0 Å². The molecule has 0 aliphatic heterocycles. The van der Waals surface area contributed by atoms with Crippen molar-refractivity contribution in [2.45, 2.75) is 50.7 Å². The number of carbonyl (C=O) groups is 1. The van der Waals surface area contributed by atoms with Gasteiger partial charge in [0.1, 0.15) is 5.82 Å². The second-order valence-corrected chi connectivity index (χ2v) is 6.71. The number of carbonyl (C=O) groups excluding carboxylic acids is 1. The standard InChI is InChI=1S/C16H21BrFNO2/c1-10(14-8-3-11(17)9-15(14)18)16(21)19(2)12-4-6-13(20)7-5-12/h3,8-10,12-13,20H,4-7H2,1-2H3. The maximum Gasteiger partial charge on any atom is 0.229 e. The molecule has 1 unspecified atom stereocenters. The number of amides is 1. The Morgan fingerprint density at radius 1 is 1.38 bits per heavy atom. The molecule has 1 aliphatic rings. The second-order valence-electron chi connectivity index (χ2n) is 5.80. The minimum atomic E-state index is -0.505. The topological polar surface area (TPSA) is 40.5 Å². The third-order valence-corrected chi connectivity index (χ3v) is 4.85. The lowest BCUT2D eigenvalue weighted by Crippen LogP contribution is -2.42. The molecule has 116 valence electrons. The predicted octanol–water partition coefficient (Wildman–Crippen LogP) is 3.45. The summed E-state index contributed by atoms with van der Waals surface area (Å²) in [7, 11) is 1.78. The Balaban J connectivity index is 2.07. The van der Waals surface area contributed by atoms with Crippen molar-refractivity contribution >= 4 is 21.8 Å². The van der Waals surface area contributed by atoms with Gasteiger partial charge < -0.3 is 10.0 Å². The van der Waals surface area contributed by atoms with E-state index in [1.54, 1.807) is 31.0 Å². The summed E-state index contributed by atoms with van der Waals surface area (Å²) in [4.78, 5) is 14.3. The normalized spacial score (nSPS) is 23.7. The average molecular weight is 358 g/mol. The van der Waals surface area contributed by atoms with Crippen molar-refractivity contribution in [3.63, 3.8) is 0 Å². The van der Waals surface area contributed by atoms with Crippen LogP contribution in [0.4, 0.5) is 4.39 Å². The first-order valence-corrected chi connectivity index (χ1v) is 8.09. The van der Waals surface area contributed by atoms with Gasteiger partial charge in [0.25, 0.3) is 0 Å². The van der Waals surface area contributed by atoms with Crippen LogP contribution in [0.5, 0.6) is 0 Å². The number of hydrogen-bond donors (Lipinski definition) is 1. The molecular formula is C16H21BrFNO2. The maximum atomic E-state index is 14.0. The molecular weight excluding hydrogens is 337 g/mol. The second kappa shape index (κ2) is 6.88. The SMILES string of the molecule is CC(C(=O)N(C)C1CCC(O)CC1)c1ccc(Br)cc1F. The van der Waals surface area contributed by atoms with Crippen LogP contribution >= 0.6 is 15.9 Å². The van der Waals surface area contributed by atoms with Crippen molar-refractivity contribution in [1.82, 2.24) is 4.90 Å². The van der Waals surface area contributed by atoms with E-state index in [1.807, 2.05) is 0 Å². The van der Waals surface area contributed by atoms with Crippen LogP contribution in [0, 0.1) is 5.82 Å². The Bertz CT molecular complexity index is 515. The highest BCUT2D eigenvalue weighted by Gasteiger charge is 2.29. The number of nitrogens with zero attached hydrogens (tertiary/aromatic N) is 1. The molecule has 0 aromatic heterocycles.